The van der Waals surface area contributed by atoms with Crippen LogP contribution in [0, 0.1) is 0 Å². The lowest BCUT2D eigenvalue weighted by Gasteiger charge is -2.31. The zero-order valence-electron chi connectivity index (χ0n) is 35.7. The number of benzene rings is 9. The minimum absolute atomic E-state index is 0.128. The Morgan fingerprint density at radius 1 is 0.344 bits per heavy atom. The Morgan fingerprint density at radius 3 is 1.44 bits per heavy atom. The van der Waals surface area contributed by atoms with Crippen molar-refractivity contribution in [1.82, 2.24) is 0 Å². The van der Waals surface area contributed by atoms with Crippen LogP contribution >= 0.6 is 11.3 Å². The molecule has 0 N–H and O–H groups in total. The second-order valence-electron chi connectivity index (χ2n) is 17.9. The van der Waals surface area contributed by atoms with Crippen molar-refractivity contribution in [2.45, 2.75) is 24.7 Å². The Morgan fingerprint density at radius 2 is 0.797 bits per heavy atom. The molecule has 0 amide bonds. The average Bonchev–Trinajstić information content (AvgIpc) is 4.05. The van der Waals surface area contributed by atoms with Gasteiger partial charge in [-0.1, -0.05) is 208 Å². The zero-order chi connectivity index (χ0) is 42.6. The molecule has 0 unspecified atom stereocenters. The number of hydrogen-bond acceptors (Lipinski definition) is 2. The molecule has 0 saturated heterocycles. The predicted octanol–water partition coefficient (Wildman–Crippen LogP) is 16.9. The summed E-state index contributed by atoms with van der Waals surface area (Å²) < 4.78 is 0. The Labute approximate surface area is 379 Å². The highest BCUT2D eigenvalue weighted by molar-refractivity contribution is 7.19. The highest BCUT2D eigenvalue weighted by atomic mass is 32.1. The lowest BCUT2D eigenvalue weighted by molar-refractivity contribution is 0.660. The van der Waals surface area contributed by atoms with Gasteiger partial charge in [-0.3, -0.25) is 0 Å². The molecule has 3 aliphatic rings. The van der Waals surface area contributed by atoms with Gasteiger partial charge in [-0.2, -0.15) is 0 Å². The molecule has 1 nitrogen and oxygen atoms in total. The standard InChI is InChI=1S/C62H43NS/c1-61(2)51-28-14-9-24-46(51)49-38-37-44(39-55(49)61)63(56-32-18-13-23-45(56)40-19-5-3-6-20-40)43-35-33-42(34-36-43)60-58-57(59(64-60)41-21-7-4-8-22-41)50-27-12-17-31-54(50)62(58)52-29-15-10-25-47(52)48-26-11-16-30-53(48)62/h3-39H,1-2H3. The fourth-order valence-electron chi connectivity index (χ4n) is 11.6. The van der Waals surface area contributed by atoms with E-state index in [4.69, 9.17) is 0 Å². The van der Waals surface area contributed by atoms with Crippen molar-refractivity contribution in [2.24, 2.45) is 0 Å². The molecule has 1 aromatic heterocycles. The van der Waals surface area contributed by atoms with Crippen LogP contribution in [0.4, 0.5) is 17.1 Å². The third kappa shape index (κ3) is 5.12. The van der Waals surface area contributed by atoms with E-state index < -0.39 is 5.41 Å². The summed E-state index contributed by atoms with van der Waals surface area (Å²) >= 11 is 1.94. The largest absolute Gasteiger partial charge is 0.310 e. The molecule has 302 valence electrons. The first-order valence-electron chi connectivity index (χ1n) is 22.3. The summed E-state index contributed by atoms with van der Waals surface area (Å²) in [5, 5.41) is 0. The Balaban J connectivity index is 1.04. The van der Waals surface area contributed by atoms with Gasteiger partial charge in [0.05, 0.1) is 11.1 Å². The van der Waals surface area contributed by atoms with Crippen LogP contribution in [-0.2, 0) is 10.8 Å². The molecule has 1 heterocycles. The summed E-state index contributed by atoms with van der Waals surface area (Å²) in [6.07, 6.45) is 0. The minimum atomic E-state index is -0.452. The van der Waals surface area contributed by atoms with Crippen molar-refractivity contribution < 1.29 is 0 Å². The Bertz CT molecular complexity index is 3420. The van der Waals surface area contributed by atoms with Gasteiger partial charge in [0.15, 0.2) is 0 Å². The molecule has 1 spiro atoms. The molecule has 0 radical (unpaired) electrons. The first kappa shape index (κ1) is 37.1. The SMILES string of the molecule is CC1(C)c2ccccc2-c2ccc(N(c3ccc(-c4sc(-c5ccccc5)c5c4C4(c6ccccc6-c6ccccc64)c4ccccc4-5)cc3)c3ccccc3-c3ccccc3)cc21. The van der Waals surface area contributed by atoms with Crippen LogP contribution in [0.3, 0.4) is 0 Å². The average molecular weight is 834 g/mol. The van der Waals surface area contributed by atoms with Crippen molar-refractivity contribution in [1.29, 1.82) is 0 Å². The molecule has 0 bridgehead atoms. The number of anilines is 3. The maximum atomic E-state index is 2.47. The molecule has 64 heavy (non-hydrogen) atoms. The quantitative estimate of drug-likeness (QED) is 0.161. The fourth-order valence-corrected chi connectivity index (χ4v) is 12.9. The van der Waals surface area contributed by atoms with Gasteiger partial charge in [0.25, 0.3) is 0 Å². The van der Waals surface area contributed by atoms with Crippen LogP contribution in [0.25, 0.3) is 65.4 Å². The van der Waals surface area contributed by atoms with E-state index in [9.17, 15) is 0 Å². The van der Waals surface area contributed by atoms with Gasteiger partial charge < -0.3 is 4.90 Å². The van der Waals surface area contributed by atoms with Crippen LogP contribution in [0.15, 0.2) is 224 Å². The van der Waals surface area contributed by atoms with Crippen molar-refractivity contribution in [3.8, 4) is 65.4 Å². The van der Waals surface area contributed by atoms with E-state index in [-0.39, 0.29) is 5.41 Å². The summed E-state index contributed by atoms with van der Waals surface area (Å²) in [6.45, 7) is 4.74. The number of rotatable bonds is 6. The smallest absolute Gasteiger partial charge is 0.0740 e. The number of hydrogen-bond donors (Lipinski definition) is 0. The monoisotopic (exact) mass is 833 g/mol. The summed E-state index contributed by atoms with van der Waals surface area (Å²) in [7, 11) is 0. The van der Waals surface area contributed by atoms with Crippen LogP contribution in [0.5, 0.6) is 0 Å². The van der Waals surface area contributed by atoms with Gasteiger partial charge in [0, 0.05) is 37.7 Å². The van der Waals surface area contributed by atoms with Crippen LogP contribution in [-0.4, -0.2) is 0 Å². The summed E-state index contributed by atoms with van der Waals surface area (Å²) in [5.74, 6) is 0. The first-order valence-corrected chi connectivity index (χ1v) is 23.2. The van der Waals surface area contributed by atoms with Crippen LogP contribution < -0.4 is 4.90 Å². The van der Waals surface area contributed by atoms with Crippen molar-refractivity contribution in [2.75, 3.05) is 4.90 Å². The Hall–Kier alpha value is -7.52. The van der Waals surface area contributed by atoms with E-state index in [1.165, 1.54) is 98.8 Å². The third-order valence-electron chi connectivity index (χ3n) is 14.3. The normalized spacial score (nSPS) is 14.0. The minimum Gasteiger partial charge on any atom is -0.310 e. The molecule has 0 aliphatic heterocycles. The molecule has 9 aromatic carbocycles. The number of para-hydroxylation sites is 1. The molecule has 2 heteroatoms. The third-order valence-corrected chi connectivity index (χ3v) is 15.6. The second-order valence-corrected chi connectivity index (χ2v) is 18.9. The van der Waals surface area contributed by atoms with Gasteiger partial charge in [0.2, 0.25) is 0 Å². The molecule has 0 fully saturated rings. The van der Waals surface area contributed by atoms with Gasteiger partial charge in [-0.15, -0.1) is 11.3 Å². The summed E-state index contributed by atoms with van der Waals surface area (Å²) in [6, 6.07) is 83.6. The van der Waals surface area contributed by atoms with Gasteiger partial charge in [-0.25, -0.2) is 0 Å². The maximum absolute atomic E-state index is 2.47. The molecule has 3 aliphatic carbocycles. The molecule has 0 atom stereocenters. The lowest BCUT2D eigenvalue weighted by atomic mass is 9.70. The zero-order valence-corrected chi connectivity index (χ0v) is 36.5. The number of fused-ring (bicyclic) bond motifs is 13. The van der Waals surface area contributed by atoms with E-state index in [1.807, 2.05) is 11.3 Å². The van der Waals surface area contributed by atoms with Crippen LogP contribution in [0.1, 0.15) is 47.2 Å². The first-order chi connectivity index (χ1) is 31.5. The number of thiophene rings is 1. The van der Waals surface area contributed by atoms with Gasteiger partial charge in [0.1, 0.15) is 0 Å². The van der Waals surface area contributed by atoms with E-state index in [2.05, 4.69) is 243 Å². The molecular weight excluding hydrogens is 791 g/mol. The summed E-state index contributed by atoms with van der Waals surface area (Å²) in [4.78, 5) is 5.11. The number of nitrogens with zero attached hydrogens (tertiary/aromatic N) is 1. The summed E-state index contributed by atoms with van der Waals surface area (Å²) in [5.41, 5.74) is 23.9. The predicted molar refractivity (Wildman–Crippen MR) is 269 cm³/mol. The molecule has 10 aromatic rings. The Kier molecular flexibility index (Phi) is 8.11. The van der Waals surface area contributed by atoms with Crippen molar-refractivity contribution >= 4 is 28.4 Å². The highest BCUT2D eigenvalue weighted by Gasteiger charge is 2.54. The van der Waals surface area contributed by atoms with E-state index in [0.29, 0.717) is 0 Å². The van der Waals surface area contributed by atoms with Crippen molar-refractivity contribution in [3.63, 3.8) is 0 Å². The molecular formula is C62H43NS. The highest BCUT2D eigenvalue weighted by Crippen LogP contribution is 2.68. The van der Waals surface area contributed by atoms with Crippen LogP contribution in [0.2, 0.25) is 0 Å². The van der Waals surface area contributed by atoms with E-state index >= 15 is 0 Å². The maximum Gasteiger partial charge on any atom is 0.0740 e. The van der Waals surface area contributed by atoms with Crippen molar-refractivity contribution in [3.05, 3.63) is 258 Å². The fraction of sp³-hybridized carbons (Fsp3) is 0.0645. The topological polar surface area (TPSA) is 3.24 Å². The molecule has 13 rings (SSSR count). The van der Waals surface area contributed by atoms with E-state index in [0.717, 1.165) is 17.1 Å². The molecule has 0 saturated carbocycles. The van der Waals surface area contributed by atoms with Gasteiger partial charge in [-0.05, 0) is 108 Å². The van der Waals surface area contributed by atoms with Gasteiger partial charge >= 0.3 is 0 Å². The van der Waals surface area contributed by atoms with E-state index in [1.54, 1.807) is 0 Å². The second kappa shape index (κ2) is 14.0. The lowest BCUT2D eigenvalue weighted by Crippen LogP contribution is -2.26.